The quantitative estimate of drug-likeness (QED) is 0.724. The van der Waals surface area contributed by atoms with Crippen molar-refractivity contribution < 1.29 is 12.8 Å². The number of nitriles is 1. The van der Waals surface area contributed by atoms with Gasteiger partial charge in [-0.15, -0.1) is 0 Å². The molecular weight excluding hydrogens is 371 g/mol. The summed E-state index contributed by atoms with van der Waals surface area (Å²) in [4.78, 5) is 0. The lowest BCUT2D eigenvalue weighted by Crippen LogP contribution is -2.45. The van der Waals surface area contributed by atoms with Gasteiger partial charge in [-0.05, 0) is 46.2 Å². The van der Waals surface area contributed by atoms with Crippen LogP contribution in [0.25, 0.3) is 0 Å². The lowest BCUT2D eigenvalue weighted by molar-refractivity contribution is 0.517. The molecule has 0 saturated heterocycles. The first kappa shape index (κ1) is 22.8. The Morgan fingerprint density at radius 3 is 2.15 bits per heavy atom. The fourth-order valence-corrected chi connectivity index (χ4v) is 6.24. The Hall–Kier alpha value is -1.26. The Balaban J connectivity index is 3.58. The van der Waals surface area contributed by atoms with Gasteiger partial charge in [-0.2, -0.15) is 5.26 Å². The molecule has 0 unspecified atom stereocenters. The summed E-state index contributed by atoms with van der Waals surface area (Å²) in [7, 11) is -2.88. The largest absolute Gasteiger partial charge is 0.259 e. The van der Waals surface area contributed by atoms with Gasteiger partial charge in [0.05, 0.1) is 15.8 Å². The predicted molar refractivity (Wildman–Crippen MR) is 108 cm³/mol. The highest BCUT2D eigenvalue weighted by molar-refractivity contribution is 7.95. The van der Waals surface area contributed by atoms with Crippen molar-refractivity contribution >= 4 is 20.5 Å². The van der Waals surface area contributed by atoms with E-state index in [2.05, 4.69) is 10.4 Å². The molecule has 0 N–H and O–H groups in total. The van der Waals surface area contributed by atoms with Crippen molar-refractivity contribution in [2.45, 2.75) is 56.5 Å². The van der Waals surface area contributed by atoms with Crippen molar-refractivity contribution in [3.05, 3.63) is 35.6 Å². The molecule has 0 aliphatic rings. The topological polar surface area (TPSA) is 70.3 Å². The SMILES string of the molecule is CN=[S@](=O)(C[C@](C)(C[S@](=O)C(C)(C)C)c1ccccc1F)C(C)(C)C#N. The monoisotopic (exact) mass is 400 g/mol. The normalized spacial score (nSPS) is 18.3. The van der Waals surface area contributed by atoms with E-state index in [-0.39, 0.29) is 11.5 Å². The fraction of sp³-hybridized carbons (Fsp3) is 0.632. The van der Waals surface area contributed by atoms with E-state index in [1.807, 2.05) is 20.8 Å². The highest BCUT2D eigenvalue weighted by atomic mass is 32.2. The maximum atomic E-state index is 14.6. The Bertz CT molecular complexity index is 844. The first-order valence-corrected chi connectivity index (χ1v) is 11.4. The molecule has 0 saturated carbocycles. The zero-order valence-corrected chi connectivity index (χ0v) is 18.3. The lowest BCUT2D eigenvalue weighted by Gasteiger charge is -2.36. The second-order valence-electron chi connectivity index (χ2n) is 8.23. The maximum Gasteiger partial charge on any atom is 0.134 e. The Morgan fingerprint density at radius 1 is 1.19 bits per heavy atom. The smallest absolute Gasteiger partial charge is 0.134 e. The van der Waals surface area contributed by atoms with Gasteiger partial charge in [0.2, 0.25) is 0 Å². The minimum atomic E-state index is -3.01. The van der Waals surface area contributed by atoms with Crippen LogP contribution in [0.5, 0.6) is 0 Å². The van der Waals surface area contributed by atoms with E-state index in [0.717, 1.165) is 0 Å². The van der Waals surface area contributed by atoms with Crippen LogP contribution in [-0.4, -0.2) is 36.5 Å². The van der Waals surface area contributed by atoms with Gasteiger partial charge in [0.15, 0.2) is 0 Å². The molecule has 1 aromatic carbocycles. The molecule has 0 aliphatic carbocycles. The van der Waals surface area contributed by atoms with Gasteiger partial charge in [0.1, 0.15) is 10.6 Å². The van der Waals surface area contributed by atoms with Gasteiger partial charge in [-0.3, -0.25) is 4.21 Å². The molecule has 1 aromatic rings. The third kappa shape index (κ3) is 4.72. The third-order valence-corrected chi connectivity index (χ3v) is 10.1. The van der Waals surface area contributed by atoms with E-state index in [1.165, 1.54) is 13.1 Å². The summed E-state index contributed by atoms with van der Waals surface area (Å²) in [6, 6.07) is 8.33. The summed E-state index contributed by atoms with van der Waals surface area (Å²) in [5.74, 6) is -0.348. The summed E-state index contributed by atoms with van der Waals surface area (Å²) in [5.41, 5.74) is -0.642. The number of rotatable bonds is 6. The molecule has 0 amide bonds. The van der Waals surface area contributed by atoms with Crippen molar-refractivity contribution in [1.29, 1.82) is 5.26 Å². The van der Waals surface area contributed by atoms with Crippen LogP contribution in [0.4, 0.5) is 4.39 Å². The molecule has 0 aliphatic heterocycles. The maximum absolute atomic E-state index is 14.6. The van der Waals surface area contributed by atoms with E-state index in [4.69, 9.17) is 0 Å². The van der Waals surface area contributed by atoms with Gasteiger partial charge in [-0.25, -0.2) is 13.0 Å². The average Bonchev–Trinajstić information content (AvgIpc) is 2.53. The van der Waals surface area contributed by atoms with Crippen LogP contribution in [0, 0.1) is 17.1 Å². The summed E-state index contributed by atoms with van der Waals surface area (Å²) < 4.78 is 43.3. The summed E-state index contributed by atoms with van der Waals surface area (Å²) in [6.45, 7) is 10.5. The minimum absolute atomic E-state index is 0.0419. The third-order valence-electron chi connectivity index (χ3n) is 4.53. The number of nitrogens with zero attached hydrogens (tertiary/aromatic N) is 2. The molecule has 146 valence electrons. The molecule has 3 atom stereocenters. The number of benzene rings is 1. The van der Waals surface area contributed by atoms with Gasteiger partial charge in [0, 0.05) is 39.5 Å². The summed E-state index contributed by atoms with van der Waals surface area (Å²) in [5, 5.41) is 9.47. The Kier molecular flexibility index (Phi) is 6.81. The minimum Gasteiger partial charge on any atom is -0.259 e. The van der Waals surface area contributed by atoms with Gasteiger partial charge >= 0.3 is 0 Å². The molecular formula is C19H29FN2O2S2. The highest BCUT2D eigenvalue weighted by Gasteiger charge is 2.42. The van der Waals surface area contributed by atoms with Gasteiger partial charge in [-0.1, -0.05) is 25.1 Å². The van der Waals surface area contributed by atoms with Crippen LogP contribution in [-0.2, 0) is 25.9 Å². The molecule has 7 heteroatoms. The van der Waals surface area contributed by atoms with E-state index in [1.54, 1.807) is 39.0 Å². The van der Waals surface area contributed by atoms with Crippen molar-refractivity contribution in [1.82, 2.24) is 0 Å². The Labute approximate surface area is 159 Å². The predicted octanol–water partition coefficient (Wildman–Crippen LogP) is 4.03. The number of hydrogen-bond acceptors (Lipinski definition) is 4. The van der Waals surface area contributed by atoms with Crippen LogP contribution in [0.1, 0.15) is 47.1 Å². The van der Waals surface area contributed by atoms with Crippen molar-refractivity contribution in [2.24, 2.45) is 4.36 Å². The molecule has 0 heterocycles. The molecule has 26 heavy (non-hydrogen) atoms. The fourth-order valence-electron chi connectivity index (χ4n) is 2.63. The molecule has 0 aromatic heterocycles. The van der Waals surface area contributed by atoms with Crippen LogP contribution >= 0.6 is 0 Å². The highest BCUT2D eigenvalue weighted by Crippen LogP contribution is 2.35. The average molecular weight is 401 g/mol. The van der Waals surface area contributed by atoms with Crippen LogP contribution in [0.15, 0.2) is 28.6 Å². The van der Waals surface area contributed by atoms with Crippen molar-refractivity contribution in [2.75, 3.05) is 18.6 Å². The van der Waals surface area contributed by atoms with Crippen LogP contribution in [0.3, 0.4) is 0 Å². The summed E-state index contributed by atoms with van der Waals surface area (Å²) in [6.07, 6.45) is 0. The number of hydrogen-bond donors (Lipinski definition) is 0. The van der Waals surface area contributed by atoms with Crippen LogP contribution < -0.4 is 0 Å². The lowest BCUT2D eigenvalue weighted by atomic mass is 9.86. The summed E-state index contributed by atoms with van der Waals surface area (Å²) >= 11 is 0. The molecule has 1 rings (SSSR count). The van der Waals surface area contributed by atoms with E-state index >= 15 is 0 Å². The molecule has 0 radical (unpaired) electrons. The van der Waals surface area contributed by atoms with Crippen molar-refractivity contribution in [3.8, 4) is 6.07 Å². The zero-order valence-electron chi connectivity index (χ0n) is 16.6. The van der Waals surface area contributed by atoms with E-state index < -0.39 is 41.3 Å². The number of halogens is 1. The van der Waals surface area contributed by atoms with E-state index in [9.17, 15) is 18.1 Å². The second kappa shape index (κ2) is 7.77. The standard InChI is InChI=1S/C19H29FN2O2S2/c1-17(2,3)25(23)13-19(6,15-10-8-9-11-16(15)20)14-26(24,22-7)18(4,5)12-21/h8-11H,13-14H2,1-7H3/t19-,25-,26-/m0/s1. The molecule has 0 bridgehead atoms. The zero-order chi connectivity index (χ0) is 20.4. The first-order chi connectivity index (χ1) is 11.7. The Morgan fingerprint density at radius 2 is 1.73 bits per heavy atom. The second-order valence-corrected chi connectivity index (χ2v) is 13.4. The van der Waals surface area contributed by atoms with E-state index in [0.29, 0.717) is 5.56 Å². The molecule has 0 spiro atoms. The first-order valence-electron chi connectivity index (χ1n) is 8.40. The van der Waals surface area contributed by atoms with Gasteiger partial charge in [0.25, 0.3) is 0 Å². The molecule has 4 nitrogen and oxygen atoms in total. The van der Waals surface area contributed by atoms with Crippen molar-refractivity contribution in [3.63, 3.8) is 0 Å². The molecule has 0 fully saturated rings. The van der Waals surface area contributed by atoms with Crippen LogP contribution in [0.2, 0.25) is 0 Å². The van der Waals surface area contributed by atoms with Gasteiger partial charge < -0.3 is 0 Å².